The van der Waals surface area contributed by atoms with E-state index in [4.69, 9.17) is 0 Å². The molecule has 6 nitrogen and oxygen atoms in total. The van der Waals surface area contributed by atoms with Gasteiger partial charge in [-0.25, -0.2) is 0 Å². The van der Waals surface area contributed by atoms with Gasteiger partial charge in [-0.05, 0) is 22.0 Å². The number of anilines is 1. The summed E-state index contributed by atoms with van der Waals surface area (Å²) in [4.78, 5) is 10.3. The largest absolute Gasteiger partial charge is 0.380 e. The number of aromatic nitrogens is 2. The molecule has 0 aliphatic heterocycles. The minimum atomic E-state index is -0.415. The van der Waals surface area contributed by atoms with E-state index in [9.17, 15) is 10.1 Å². The first-order valence-corrected chi connectivity index (χ1v) is 6.01. The van der Waals surface area contributed by atoms with Gasteiger partial charge in [-0.1, -0.05) is 0 Å². The first-order chi connectivity index (χ1) is 8.56. The molecule has 0 atom stereocenters. The average Bonchev–Trinajstić information content (AvgIpc) is 2.74. The molecule has 94 valence electrons. The molecule has 0 aliphatic carbocycles. The van der Waals surface area contributed by atoms with Gasteiger partial charge in [0.1, 0.15) is 0 Å². The lowest BCUT2D eigenvalue weighted by molar-refractivity contribution is -0.384. The molecule has 0 spiro atoms. The molecule has 2 rings (SSSR count). The van der Waals surface area contributed by atoms with Crippen LogP contribution >= 0.6 is 15.9 Å². The van der Waals surface area contributed by atoms with E-state index in [-0.39, 0.29) is 5.69 Å². The number of halogens is 1. The second-order valence-electron chi connectivity index (χ2n) is 3.80. The zero-order valence-electron chi connectivity index (χ0n) is 9.63. The highest BCUT2D eigenvalue weighted by atomic mass is 79.9. The summed E-state index contributed by atoms with van der Waals surface area (Å²) in [5.74, 6) is 0. The van der Waals surface area contributed by atoms with Crippen molar-refractivity contribution in [3.05, 3.63) is 50.7 Å². The van der Waals surface area contributed by atoms with Crippen molar-refractivity contribution in [2.75, 3.05) is 5.32 Å². The molecule has 1 aromatic carbocycles. The lowest BCUT2D eigenvalue weighted by atomic mass is 10.2. The van der Waals surface area contributed by atoms with Crippen LogP contribution in [0.1, 0.15) is 5.56 Å². The van der Waals surface area contributed by atoms with Gasteiger partial charge in [0.05, 0.1) is 16.8 Å². The second-order valence-corrected chi connectivity index (χ2v) is 4.65. The molecular formula is C11H11BrN4O2. The van der Waals surface area contributed by atoms with E-state index >= 15 is 0 Å². The number of rotatable bonds is 4. The number of nitro groups is 1. The molecule has 1 N–H and O–H groups in total. The van der Waals surface area contributed by atoms with Crippen LogP contribution in [0.25, 0.3) is 0 Å². The first-order valence-electron chi connectivity index (χ1n) is 5.21. The fourth-order valence-electron chi connectivity index (χ4n) is 1.52. The molecule has 0 fully saturated rings. The molecule has 0 radical (unpaired) electrons. The van der Waals surface area contributed by atoms with Gasteiger partial charge < -0.3 is 5.32 Å². The summed E-state index contributed by atoms with van der Waals surface area (Å²) in [6.07, 6.45) is 3.64. The summed E-state index contributed by atoms with van der Waals surface area (Å²) in [7, 11) is 1.84. The molecule has 1 aromatic heterocycles. The predicted molar refractivity (Wildman–Crippen MR) is 71.3 cm³/mol. The Balaban J connectivity index is 2.13. The van der Waals surface area contributed by atoms with Gasteiger partial charge in [-0.2, -0.15) is 5.10 Å². The normalized spacial score (nSPS) is 10.3. The maximum Gasteiger partial charge on any atom is 0.271 e. The summed E-state index contributed by atoms with van der Waals surface area (Å²) in [5, 5.41) is 17.9. The summed E-state index contributed by atoms with van der Waals surface area (Å²) < 4.78 is 2.50. The van der Waals surface area contributed by atoms with Crippen molar-refractivity contribution in [3.8, 4) is 0 Å². The topological polar surface area (TPSA) is 73.0 Å². The molecule has 18 heavy (non-hydrogen) atoms. The van der Waals surface area contributed by atoms with Gasteiger partial charge in [0.25, 0.3) is 5.69 Å². The maximum absolute atomic E-state index is 10.7. The number of aryl methyl sites for hydroxylation is 1. The van der Waals surface area contributed by atoms with Gasteiger partial charge >= 0.3 is 0 Å². The minimum Gasteiger partial charge on any atom is -0.380 e. The third-order valence-corrected chi connectivity index (χ3v) is 3.09. The molecule has 0 aliphatic rings. The Morgan fingerprint density at radius 3 is 2.94 bits per heavy atom. The average molecular weight is 311 g/mol. The SMILES string of the molecule is Cn1cc(CNc2cc([N+](=O)[O-])ccc2Br)cn1. The molecule has 7 heteroatoms. The molecule has 0 amide bonds. The Morgan fingerprint density at radius 1 is 1.56 bits per heavy atom. The fourth-order valence-corrected chi connectivity index (χ4v) is 1.91. The van der Waals surface area contributed by atoms with Crippen LogP contribution in [0.15, 0.2) is 35.1 Å². The third kappa shape index (κ3) is 2.86. The Hall–Kier alpha value is -1.89. The highest BCUT2D eigenvalue weighted by Crippen LogP contribution is 2.27. The van der Waals surface area contributed by atoms with E-state index in [1.807, 2.05) is 13.2 Å². The van der Waals surface area contributed by atoms with E-state index in [1.165, 1.54) is 12.1 Å². The zero-order valence-corrected chi connectivity index (χ0v) is 11.2. The van der Waals surface area contributed by atoms with Crippen LogP contribution in [0.5, 0.6) is 0 Å². The Morgan fingerprint density at radius 2 is 2.33 bits per heavy atom. The number of hydrogen-bond acceptors (Lipinski definition) is 4. The number of nitrogens with zero attached hydrogens (tertiary/aromatic N) is 3. The van der Waals surface area contributed by atoms with Crippen LogP contribution in [0.4, 0.5) is 11.4 Å². The maximum atomic E-state index is 10.7. The van der Waals surface area contributed by atoms with E-state index < -0.39 is 4.92 Å². The van der Waals surface area contributed by atoms with Gasteiger partial charge in [0.15, 0.2) is 0 Å². The predicted octanol–water partition coefficient (Wildman–Crippen LogP) is 2.70. The van der Waals surface area contributed by atoms with Crippen LogP contribution in [-0.4, -0.2) is 14.7 Å². The Labute approximate surface area is 112 Å². The molecule has 1 heterocycles. The number of benzene rings is 1. The molecular weight excluding hydrogens is 300 g/mol. The van der Waals surface area contributed by atoms with Crippen LogP contribution < -0.4 is 5.32 Å². The highest BCUT2D eigenvalue weighted by molar-refractivity contribution is 9.10. The van der Waals surface area contributed by atoms with Gasteiger partial charge in [-0.3, -0.25) is 14.8 Å². The summed E-state index contributed by atoms with van der Waals surface area (Å²) in [6.45, 7) is 0.563. The summed E-state index contributed by atoms with van der Waals surface area (Å²) in [5.41, 5.74) is 1.76. The lowest BCUT2D eigenvalue weighted by Gasteiger charge is -2.06. The van der Waals surface area contributed by atoms with Crippen LogP contribution in [-0.2, 0) is 13.6 Å². The molecule has 0 saturated heterocycles. The molecule has 0 unspecified atom stereocenters. The van der Waals surface area contributed by atoms with Crippen LogP contribution in [0.2, 0.25) is 0 Å². The highest BCUT2D eigenvalue weighted by Gasteiger charge is 2.09. The second kappa shape index (κ2) is 5.18. The van der Waals surface area contributed by atoms with E-state index in [2.05, 4.69) is 26.3 Å². The van der Waals surface area contributed by atoms with E-state index in [1.54, 1.807) is 16.9 Å². The standard InChI is InChI=1S/C11H11BrN4O2/c1-15-7-8(6-14-15)5-13-11-4-9(16(17)18)2-3-10(11)12/h2-4,6-7,13H,5H2,1H3. The van der Waals surface area contributed by atoms with Crippen molar-refractivity contribution >= 4 is 27.3 Å². The molecule has 0 bridgehead atoms. The van der Waals surface area contributed by atoms with Gasteiger partial charge in [-0.15, -0.1) is 0 Å². The monoisotopic (exact) mass is 310 g/mol. The Bertz CT molecular complexity index is 582. The Kier molecular flexibility index (Phi) is 3.61. The van der Waals surface area contributed by atoms with E-state index in [0.29, 0.717) is 12.2 Å². The number of hydrogen-bond donors (Lipinski definition) is 1. The van der Waals surface area contributed by atoms with E-state index in [0.717, 1.165) is 10.0 Å². The van der Waals surface area contributed by atoms with Crippen molar-refractivity contribution in [3.63, 3.8) is 0 Å². The smallest absolute Gasteiger partial charge is 0.271 e. The van der Waals surface area contributed by atoms with Crippen LogP contribution in [0, 0.1) is 10.1 Å². The van der Waals surface area contributed by atoms with Gasteiger partial charge in [0.2, 0.25) is 0 Å². The van der Waals surface area contributed by atoms with Crippen molar-refractivity contribution in [1.82, 2.24) is 9.78 Å². The molecule has 0 saturated carbocycles. The number of nitrogens with one attached hydrogen (secondary N) is 1. The third-order valence-electron chi connectivity index (χ3n) is 2.40. The van der Waals surface area contributed by atoms with Crippen molar-refractivity contribution in [2.45, 2.75) is 6.54 Å². The lowest BCUT2D eigenvalue weighted by Crippen LogP contribution is -2.00. The first kappa shape index (κ1) is 12.6. The molecule has 2 aromatic rings. The van der Waals surface area contributed by atoms with Crippen molar-refractivity contribution in [1.29, 1.82) is 0 Å². The number of non-ortho nitro benzene ring substituents is 1. The van der Waals surface area contributed by atoms with Gasteiger partial charge in [0, 0.05) is 42.0 Å². The van der Waals surface area contributed by atoms with Crippen molar-refractivity contribution in [2.24, 2.45) is 7.05 Å². The van der Waals surface area contributed by atoms with Crippen LogP contribution in [0.3, 0.4) is 0 Å². The quantitative estimate of drug-likeness (QED) is 0.696. The summed E-state index contributed by atoms with van der Waals surface area (Å²) in [6, 6.07) is 4.61. The zero-order chi connectivity index (χ0) is 13.1. The fraction of sp³-hybridized carbons (Fsp3) is 0.182. The van der Waals surface area contributed by atoms with Crippen molar-refractivity contribution < 1.29 is 4.92 Å². The number of nitro benzene ring substituents is 1. The summed E-state index contributed by atoms with van der Waals surface area (Å²) >= 11 is 3.35. The minimum absolute atomic E-state index is 0.0619.